The minimum Gasteiger partial charge on any atom is -0.417 e. The number of hydrogen-bond acceptors (Lipinski definition) is 2. The molecule has 1 aliphatic heterocycles. The van der Waals surface area contributed by atoms with E-state index in [9.17, 15) is 13.2 Å². The van der Waals surface area contributed by atoms with Crippen molar-refractivity contribution in [2.24, 2.45) is 17.8 Å². The maximum absolute atomic E-state index is 12.3. The van der Waals surface area contributed by atoms with Gasteiger partial charge in [0.1, 0.15) is 0 Å². The van der Waals surface area contributed by atoms with E-state index < -0.39 is 21.0 Å². The van der Waals surface area contributed by atoms with Crippen LogP contribution in [0.5, 0.6) is 0 Å². The Labute approximate surface area is 120 Å². The maximum Gasteiger partial charge on any atom is 0.401 e. The standard InChI is InChI=1S/C14H26F3NOSi/c1-13(2,3)20(4,5)19-8-12-10-6-18(7-11(10)12)9-14(15,16)17/h10-12H,6-9H2,1-5H3/t10-,11+,12+. The van der Waals surface area contributed by atoms with E-state index in [1.165, 1.54) is 4.90 Å². The third-order valence-corrected chi connectivity index (χ3v) is 9.79. The molecule has 2 nitrogen and oxygen atoms in total. The zero-order chi connectivity index (χ0) is 15.3. The van der Waals surface area contributed by atoms with Gasteiger partial charge >= 0.3 is 6.18 Å². The average Bonchev–Trinajstić information content (AvgIpc) is 2.65. The second kappa shape index (κ2) is 4.99. The fourth-order valence-electron chi connectivity index (χ4n) is 2.89. The zero-order valence-electron chi connectivity index (χ0n) is 13.0. The number of halogens is 3. The highest BCUT2D eigenvalue weighted by atomic mass is 28.4. The van der Waals surface area contributed by atoms with E-state index in [0.29, 0.717) is 30.8 Å². The zero-order valence-corrected chi connectivity index (χ0v) is 14.0. The van der Waals surface area contributed by atoms with Crippen LogP contribution in [0.2, 0.25) is 18.1 Å². The summed E-state index contributed by atoms with van der Waals surface area (Å²) in [6.07, 6.45) is -4.07. The van der Waals surface area contributed by atoms with Crippen LogP contribution in [0.4, 0.5) is 13.2 Å². The molecule has 6 heteroatoms. The van der Waals surface area contributed by atoms with E-state index in [1.807, 2.05) is 0 Å². The lowest BCUT2D eigenvalue weighted by Gasteiger charge is -2.36. The van der Waals surface area contributed by atoms with Crippen molar-refractivity contribution in [2.45, 2.75) is 45.1 Å². The summed E-state index contributed by atoms with van der Waals surface area (Å²) in [5, 5.41) is 0.194. The van der Waals surface area contributed by atoms with Crippen molar-refractivity contribution in [1.82, 2.24) is 4.90 Å². The van der Waals surface area contributed by atoms with Gasteiger partial charge in [-0.2, -0.15) is 13.2 Å². The molecule has 0 N–H and O–H groups in total. The summed E-state index contributed by atoms with van der Waals surface area (Å²) in [6.45, 7) is 12.2. The third-order valence-electron chi connectivity index (χ3n) is 5.29. The largest absolute Gasteiger partial charge is 0.417 e. The quantitative estimate of drug-likeness (QED) is 0.733. The van der Waals surface area contributed by atoms with Gasteiger partial charge in [0.2, 0.25) is 0 Å². The molecule has 1 saturated heterocycles. The minimum atomic E-state index is -4.07. The number of hydrogen-bond donors (Lipinski definition) is 0. The Kier molecular flexibility index (Phi) is 4.06. The Hall–Kier alpha value is -0.0731. The summed E-state index contributed by atoms with van der Waals surface area (Å²) < 4.78 is 43.2. The topological polar surface area (TPSA) is 12.5 Å². The van der Waals surface area contributed by atoms with Crippen molar-refractivity contribution < 1.29 is 17.6 Å². The number of piperidine rings is 1. The lowest BCUT2D eigenvalue weighted by atomic mass is 10.2. The summed E-state index contributed by atoms with van der Waals surface area (Å²) in [5.41, 5.74) is 0. The second-order valence-electron chi connectivity index (χ2n) is 7.87. The summed E-state index contributed by atoms with van der Waals surface area (Å²) in [4.78, 5) is 1.54. The van der Waals surface area contributed by atoms with Crippen molar-refractivity contribution in [2.75, 3.05) is 26.2 Å². The van der Waals surface area contributed by atoms with E-state index in [4.69, 9.17) is 4.43 Å². The van der Waals surface area contributed by atoms with Crippen molar-refractivity contribution >= 4 is 8.32 Å². The second-order valence-corrected chi connectivity index (χ2v) is 12.7. The summed E-state index contributed by atoms with van der Waals surface area (Å²) in [5.74, 6) is 1.36. The van der Waals surface area contributed by atoms with Crippen molar-refractivity contribution in [3.05, 3.63) is 0 Å². The molecule has 0 amide bonds. The minimum absolute atomic E-state index is 0.194. The van der Waals surface area contributed by atoms with Crippen molar-refractivity contribution in [3.63, 3.8) is 0 Å². The van der Waals surface area contributed by atoms with E-state index >= 15 is 0 Å². The lowest BCUT2D eigenvalue weighted by molar-refractivity contribution is -0.145. The van der Waals surface area contributed by atoms with Crippen LogP contribution in [0.1, 0.15) is 20.8 Å². The fraction of sp³-hybridized carbons (Fsp3) is 1.00. The molecule has 0 unspecified atom stereocenters. The smallest absolute Gasteiger partial charge is 0.401 e. The molecule has 0 radical (unpaired) electrons. The highest BCUT2D eigenvalue weighted by Crippen LogP contribution is 2.52. The van der Waals surface area contributed by atoms with Gasteiger partial charge in [-0.15, -0.1) is 0 Å². The SMILES string of the molecule is CC(C)(C)[Si](C)(C)OC[C@@H]1[C@H]2CN(CC(F)(F)F)C[C@@H]12. The van der Waals surface area contributed by atoms with Crippen LogP contribution in [0, 0.1) is 17.8 Å². The predicted octanol–water partition coefficient (Wildman–Crippen LogP) is 3.75. The summed E-state index contributed by atoms with van der Waals surface area (Å²) in [6, 6.07) is 0. The molecule has 2 rings (SSSR count). The molecule has 1 aliphatic carbocycles. The lowest BCUT2D eigenvalue weighted by Crippen LogP contribution is -2.42. The Morgan fingerprint density at radius 2 is 1.60 bits per heavy atom. The van der Waals surface area contributed by atoms with Gasteiger partial charge < -0.3 is 4.43 Å². The molecule has 1 heterocycles. The highest BCUT2D eigenvalue weighted by Gasteiger charge is 2.57. The Balaban J connectivity index is 1.74. The number of likely N-dealkylation sites (tertiary alicyclic amines) is 1. The maximum atomic E-state index is 12.3. The van der Waals surface area contributed by atoms with Crippen LogP contribution >= 0.6 is 0 Å². The summed E-state index contributed by atoms with van der Waals surface area (Å²) >= 11 is 0. The molecular weight excluding hydrogens is 283 g/mol. The van der Waals surface area contributed by atoms with E-state index in [-0.39, 0.29) is 5.04 Å². The molecule has 0 bridgehead atoms. The van der Waals surface area contributed by atoms with Crippen LogP contribution in [-0.2, 0) is 4.43 Å². The number of nitrogens with zero attached hydrogens (tertiary/aromatic N) is 1. The molecule has 20 heavy (non-hydrogen) atoms. The molecule has 2 fully saturated rings. The fourth-order valence-corrected chi connectivity index (χ4v) is 3.93. The van der Waals surface area contributed by atoms with Crippen molar-refractivity contribution in [3.8, 4) is 0 Å². The first-order valence-electron chi connectivity index (χ1n) is 7.34. The third kappa shape index (κ3) is 3.57. The predicted molar refractivity (Wildman–Crippen MR) is 76.1 cm³/mol. The number of rotatable bonds is 4. The van der Waals surface area contributed by atoms with Gasteiger partial charge in [-0.25, -0.2) is 0 Å². The monoisotopic (exact) mass is 309 g/mol. The van der Waals surface area contributed by atoms with Gasteiger partial charge in [-0.1, -0.05) is 20.8 Å². The summed E-state index contributed by atoms with van der Waals surface area (Å²) in [7, 11) is -1.72. The number of fused-ring (bicyclic) bond motifs is 1. The van der Waals surface area contributed by atoms with Gasteiger partial charge in [0.25, 0.3) is 0 Å². The van der Waals surface area contributed by atoms with Gasteiger partial charge in [0.15, 0.2) is 8.32 Å². The first kappa shape index (κ1) is 16.3. The molecule has 0 spiro atoms. The number of alkyl halides is 3. The van der Waals surface area contributed by atoms with E-state index in [1.54, 1.807) is 0 Å². The van der Waals surface area contributed by atoms with Gasteiger partial charge in [0, 0.05) is 19.7 Å². The van der Waals surface area contributed by atoms with Gasteiger partial charge in [-0.3, -0.25) is 4.90 Å². The van der Waals surface area contributed by atoms with Crippen LogP contribution < -0.4 is 0 Å². The molecule has 1 saturated carbocycles. The first-order valence-corrected chi connectivity index (χ1v) is 10.2. The normalized spacial score (nSPS) is 31.5. The highest BCUT2D eigenvalue weighted by molar-refractivity contribution is 6.74. The molecule has 0 aromatic heterocycles. The molecule has 3 atom stereocenters. The molecule has 2 aliphatic rings. The van der Waals surface area contributed by atoms with E-state index in [2.05, 4.69) is 33.9 Å². The van der Waals surface area contributed by atoms with Crippen LogP contribution in [0.3, 0.4) is 0 Å². The van der Waals surface area contributed by atoms with Crippen LogP contribution in [0.25, 0.3) is 0 Å². The van der Waals surface area contributed by atoms with Crippen molar-refractivity contribution in [1.29, 1.82) is 0 Å². The molecule has 0 aromatic rings. The first-order chi connectivity index (χ1) is 8.91. The Bertz CT molecular complexity index is 352. The molecular formula is C14H26F3NOSi. The van der Waals surface area contributed by atoms with E-state index in [0.717, 1.165) is 6.61 Å². The Morgan fingerprint density at radius 3 is 2.00 bits per heavy atom. The average molecular weight is 309 g/mol. The Morgan fingerprint density at radius 1 is 1.10 bits per heavy atom. The molecule has 0 aromatic carbocycles. The van der Waals surface area contributed by atoms with Crippen LogP contribution in [-0.4, -0.2) is 45.6 Å². The van der Waals surface area contributed by atoms with Gasteiger partial charge in [-0.05, 0) is 35.9 Å². The van der Waals surface area contributed by atoms with Crippen LogP contribution in [0.15, 0.2) is 0 Å². The molecule has 118 valence electrons. The van der Waals surface area contributed by atoms with Gasteiger partial charge in [0.05, 0.1) is 6.54 Å².